The van der Waals surface area contributed by atoms with E-state index in [-0.39, 0.29) is 5.92 Å². The van der Waals surface area contributed by atoms with Crippen LogP contribution in [0.3, 0.4) is 0 Å². The molecule has 0 aromatic rings. The lowest BCUT2D eigenvalue weighted by Crippen LogP contribution is -2.61. The first kappa shape index (κ1) is 11.5. The predicted molar refractivity (Wildman–Crippen MR) is 55.3 cm³/mol. The molecule has 14 heavy (non-hydrogen) atoms. The fraction of sp³-hybridized carbons (Fsp3) is 0.900. The van der Waals surface area contributed by atoms with Gasteiger partial charge in [0.05, 0.1) is 0 Å². The van der Waals surface area contributed by atoms with E-state index >= 15 is 0 Å². The van der Waals surface area contributed by atoms with Gasteiger partial charge >= 0.3 is 5.97 Å². The minimum Gasteiger partial charge on any atom is -0.480 e. The summed E-state index contributed by atoms with van der Waals surface area (Å²) in [6, 6.07) is 0. The molecule has 1 aliphatic rings. The van der Waals surface area contributed by atoms with Gasteiger partial charge < -0.3 is 10.4 Å². The van der Waals surface area contributed by atoms with E-state index in [1.165, 1.54) is 0 Å². The van der Waals surface area contributed by atoms with Gasteiger partial charge in [-0.05, 0) is 12.8 Å². The van der Waals surface area contributed by atoms with Gasteiger partial charge in [0.1, 0.15) is 5.54 Å². The van der Waals surface area contributed by atoms with Gasteiger partial charge in [0.2, 0.25) is 0 Å². The second-order valence-electron chi connectivity index (χ2n) is 4.34. The lowest BCUT2D eigenvalue weighted by atomic mass is 9.86. The van der Waals surface area contributed by atoms with Crippen molar-refractivity contribution in [3.05, 3.63) is 0 Å². The van der Waals surface area contributed by atoms with Crippen LogP contribution in [-0.4, -0.2) is 47.7 Å². The van der Waals surface area contributed by atoms with Gasteiger partial charge in [0.15, 0.2) is 0 Å². The SMILES string of the molecule is CC(C)[C@](C)(C(=O)O)N1CCNCC1. The normalized spacial score (nSPS) is 23.4. The van der Waals surface area contributed by atoms with Crippen molar-refractivity contribution in [3.63, 3.8) is 0 Å². The standard InChI is InChI=1S/C10H20N2O2/c1-8(2)10(3,9(13)14)12-6-4-11-5-7-12/h8,11H,4-7H2,1-3H3,(H,13,14)/t10-/m1/s1. The van der Waals surface area contributed by atoms with Crippen LogP contribution in [0.2, 0.25) is 0 Å². The molecule has 82 valence electrons. The van der Waals surface area contributed by atoms with E-state index in [2.05, 4.69) is 10.2 Å². The Morgan fingerprint density at radius 1 is 1.43 bits per heavy atom. The number of nitrogens with zero attached hydrogens (tertiary/aromatic N) is 1. The number of rotatable bonds is 3. The fourth-order valence-corrected chi connectivity index (χ4v) is 1.88. The maximum Gasteiger partial charge on any atom is 0.324 e. The second kappa shape index (κ2) is 4.28. The van der Waals surface area contributed by atoms with Crippen molar-refractivity contribution < 1.29 is 9.90 Å². The van der Waals surface area contributed by atoms with Gasteiger partial charge in [-0.25, -0.2) is 0 Å². The quantitative estimate of drug-likeness (QED) is 0.692. The molecule has 0 spiro atoms. The molecule has 1 rings (SSSR count). The zero-order valence-corrected chi connectivity index (χ0v) is 9.21. The summed E-state index contributed by atoms with van der Waals surface area (Å²) in [7, 11) is 0. The van der Waals surface area contributed by atoms with Crippen LogP contribution in [0.4, 0.5) is 0 Å². The molecule has 4 nitrogen and oxygen atoms in total. The third kappa shape index (κ3) is 1.91. The molecular formula is C10H20N2O2. The van der Waals surface area contributed by atoms with E-state index < -0.39 is 11.5 Å². The third-order valence-corrected chi connectivity index (χ3v) is 3.33. The molecular weight excluding hydrogens is 180 g/mol. The van der Waals surface area contributed by atoms with E-state index in [0.29, 0.717) is 0 Å². The first-order valence-corrected chi connectivity index (χ1v) is 5.18. The topological polar surface area (TPSA) is 52.6 Å². The number of carboxylic acid groups (broad SMARTS) is 1. The monoisotopic (exact) mass is 200 g/mol. The predicted octanol–water partition coefficient (Wildman–Crippen LogP) is 0.391. The summed E-state index contributed by atoms with van der Waals surface area (Å²) in [4.78, 5) is 13.4. The van der Waals surface area contributed by atoms with E-state index in [1.54, 1.807) is 0 Å². The second-order valence-corrected chi connectivity index (χ2v) is 4.34. The van der Waals surface area contributed by atoms with E-state index in [4.69, 9.17) is 0 Å². The Labute approximate surface area is 85.3 Å². The lowest BCUT2D eigenvalue weighted by molar-refractivity contribution is -0.154. The van der Waals surface area contributed by atoms with E-state index in [9.17, 15) is 9.90 Å². The summed E-state index contributed by atoms with van der Waals surface area (Å²) in [5.74, 6) is -0.590. The number of piperazine rings is 1. The molecule has 1 saturated heterocycles. The molecule has 1 aliphatic heterocycles. The molecule has 1 heterocycles. The van der Waals surface area contributed by atoms with Crippen LogP contribution in [0.5, 0.6) is 0 Å². The lowest BCUT2D eigenvalue weighted by Gasteiger charge is -2.43. The first-order chi connectivity index (χ1) is 6.49. The summed E-state index contributed by atoms with van der Waals surface area (Å²) in [6.45, 7) is 9.17. The molecule has 0 unspecified atom stereocenters. The molecule has 4 heteroatoms. The average molecular weight is 200 g/mol. The van der Waals surface area contributed by atoms with Crippen LogP contribution in [0, 0.1) is 5.92 Å². The van der Waals surface area contributed by atoms with Crippen molar-refractivity contribution in [1.29, 1.82) is 0 Å². The Hall–Kier alpha value is -0.610. The van der Waals surface area contributed by atoms with Crippen LogP contribution in [0.1, 0.15) is 20.8 Å². The highest BCUT2D eigenvalue weighted by atomic mass is 16.4. The van der Waals surface area contributed by atoms with Crippen molar-refractivity contribution >= 4 is 5.97 Å². The summed E-state index contributed by atoms with van der Waals surface area (Å²) < 4.78 is 0. The van der Waals surface area contributed by atoms with Crippen molar-refractivity contribution in [2.24, 2.45) is 5.92 Å². The Kier molecular flexibility index (Phi) is 3.50. The van der Waals surface area contributed by atoms with Crippen molar-refractivity contribution in [1.82, 2.24) is 10.2 Å². The smallest absolute Gasteiger partial charge is 0.324 e. The number of nitrogens with one attached hydrogen (secondary N) is 1. The Morgan fingerprint density at radius 3 is 2.29 bits per heavy atom. The maximum absolute atomic E-state index is 11.3. The average Bonchev–Trinajstić information content (AvgIpc) is 2.17. The van der Waals surface area contributed by atoms with Crippen molar-refractivity contribution in [2.45, 2.75) is 26.3 Å². The highest BCUT2D eigenvalue weighted by molar-refractivity contribution is 5.78. The largest absolute Gasteiger partial charge is 0.480 e. The molecule has 0 radical (unpaired) electrons. The Balaban J connectivity index is 2.80. The Bertz CT molecular complexity index is 212. The van der Waals surface area contributed by atoms with E-state index in [0.717, 1.165) is 26.2 Å². The van der Waals surface area contributed by atoms with Crippen LogP contribution in [0.25, 0.3) is 0 Å². The molecule has 0 bridgehead atoms. The van der Waals surface area contributed by atoms with Crippen molar-refractivity contribution in [2.75, 3.05) is 26.2 Å². The van der Waals surface area contributed by atoms with Crippen LogP contribution >= 0.6 is 0 Å². The minimum atomic E-state index is -0.720. The minimum absolute atomic E-state index is 0.123. The van der Waals surface area contributed by atoms with Gasteiger partial charge in [0, 0.05) is 26.2 Å². The van der Waals surface area contributed by atoms with Gasteiger partial charge in [-0.1, -0.05) is 13.8 Å². The molecule has 0 saturated carbocycles. The van der Waals surface area contributed by atoms with Gasteiger partial charge in [-0.3, -0.25) is 9.69 Å². The van der Waals surface area contributed by atoms with Gasteiger partial charge in [-0.15, -0.1) is 0 Å². The Morgan fingerprint density at radius 2 is 1.93 bits per heavy atom. The highest BCUT2D eigenvalue weighted by Gasteiger charge is 2.42. The number of carboxylic acids is 1. The van der Waals surface area contributed by atoms with Crippen molar-refractivity contribution in [3.8, 4) is 0 Å². The van der Waals surface area contributed by atoms with Crippen LogP contribution in [-0.2, 0) is 4.79 Å². The fourth-order valence-electron chi connectivity index (χ4n) is 1.88. The summed E-state index contributed by atoms with van der Waals surface area (Å²) in [5.41, 5.74) is -0.720. The molecule has 2 N–H and O–H groups in total. The maximum atomic E-state index is 11.3. The molecule has 0 aliphatic carbocycles. The summed E-state index contributed by atoms with van der Waals surface area (Å²) >= 11 is 0. The highest BCUT2D eigenvalue weighted by Crippen LogP contribution is 2.25. The third-order valence-electron chi connectivity index (χ3n) is 3.33. The van der Waals surface area contributed by atoms with Crippen LogP contribution in [0.15, 0.2) is 0 Å². The number of hydrogen-bond acceptors (Lipinski definition) is 3. The molecule has 0 aromatic heterocycles. The van der Waals surface area contributed by atoms with Crippen LogP contribution < -0.4 is 5.32 Å². The summed E-state index contributed by atoms with van der Waals surface area (Å²) in [5, 5.41) is 12.5. The number of aliphatic carboxylic acids is 1. The molecule has 1 atom stereocenters. The zero-order valence-electron chi connectivity index (χ0n) is 9.21. The summed E-state index contributed by atoms with van der Waals surface area (Å²) in [6.07, 6.45) is 0. The number of hydrogen-bond donors (Lipinski definition) is 2. The van der Waals surface area contributed by atoms with Gasteiger partial charge in [-0.2, -0.15) is 0 Å². The zero-order chi connectivity index (χ0) is 10.8. The molecule has 1 fully saturated rings. The molecule has 0 aromatic carbocycles. The number of carbonyl (C=O) groups is 1. The first-order valence-electron chi connectivity index (χ1n) is 5.18. The van der Waals surface area contributed by atoms with Gasteiger partial charge in [0.25, 0.3) is 0 Å². The molecule has 0 amide bonds. The van der Waals surface area contributed by atoms with E-state index in [1.807, 2.05) is 20.8 Å².